The van der Waals surface area contributed by atoms with E-state index >= 15 is 8.78 Å². The van der Waals surface area contributed by atoms with Crippen LogP contribution in [0.25, 0.3) is 0 Å². The molecule has 1 unspecified atom stereocenters. The smallest absolute Gasteiger partial charge is 0.340 e. The van der Waals surface area contributed by atoms with E-state index in [0.717, 1.165) is 18.6 Å². The Kier molecular flexibility index (Phi) is 5.25. The first-order valence-corrected chi connectivity index (χ1v) is 9.53. The van der Waals surface area contributed by atoms with Crippen LogP contribution >= 0.6 is 11.8 Å². The average molecular weight is 398 g/mol. The summed E-state index contributed by atoms with van der Waals surface area (Å²) in [5, 5.41) is 9.35. The highest BCUT2D eigenvalue weighted by atomic mass is 32.2. The van der Waals surface area contributed by atoms with E-state index in [1.807, 2.05) is 6.92 Å². The standard InChI is InChI=1S/C20H18F4O2S/c1-2-10-27-16-9-5-8-15-18(16)13(11-17(25)26)12-6-3-4-7-14(12)19(21,22)20(15,23)24/h3-9,13H,2,10-11H2,1H3,(H,25,26). The number of carboxylic acids is 1. The highest BCUT2D eigenvalue weighted by Gasteiger charge is 2.62. The van der Waals surface area contributed by atoms with Gasteiger partial charge in [-0.05, 0) is 29.4 Å². The van der Waals surface area contributed by atoms with Gasteiger partial charge in [0.2, 0.25) is 0 Å². The molecule has 3 rings (SSSR count). The molecule has 0 bridgehead atoms. The van der Waals surface area contributed by atoms with Gasteiger partial charge in [-0.1, -0.05) is 43.3 Å². The SMILES string of the molecule is CCCSc1cccc2c1C(CC(=O)O)c1ccccc1C(F)(F)C2(F)F. The van der Waals surface area contributed by atoms with Gasteiger partial charge in [-0.3, -0.25) is 4.79 Å². The van der Waals surface area contributed by atoms with Gasteiger partial charge >= 0.3 is 17.8 Å². The second-order valence-corrected chi connectivity index (χ2v) is 7.59. The van der Waals surface area contributed by atoms with E-state index in [1.54, 1.807) is 6.07 Å². The number of rotatable bonds is 5. The fourth-order valence-electron chi connectivity index (χ4n) is 3.48. The summed E-state index contributed by atoms with van der Waals surface area (Å²) < 4.78 is 59.8. The van der Waals surface area contributed by atoms with Gasteiger partial charge in [0.15, 0.2) is 0 Å². The minimum Gasteiger partial charge on any atom is -0.481 e. The lowest BCUT2D eigenvalue weighted by Gasteiger charge is -2.27. The Morgan fingerprint density at radius 3 is 2.33 bits per heavy atom. The van der Waals surface area contributed by atoms with Crippen LogP contribution in [0.3, 0.4) is 0 Å². The van der Waals surface area contributed by atoms with E-state index in [0.29, 0.717) is 10.6 Å². The van der Waals surface area contributed by atoms with Gasteiger partial charge in [-0.25, -0.2) is 0 Å². The largest absolute Gasteiger partial charge is 0.481 e. The molecule has 7 heteroatoms. The van der Waals surface area contributed by atoms with Crippen molar-refractivity contribution in [2.45, 2.75) is 42.4 Å². The summed E-state index contributed by atoms with van der Waals surface area (Å²) in [4.78, 5) is 11.9. The average Bonchev–Trinajstić information content (AvgIpc) is 2.68. The number of carboxylic acid groups (broad SMARTS) is 1. The summed E-state index contributed by atoms with van der Waals surface area (Å²) in [6.45, 7) is 1.92. The van der Waals surface area contributed by atoms with Crippen molar-refractivity contribution in [1.82, 2.24) is 0 Å². The highest BCUT2D eigenvalue weighted by Crippen LogP contribution is 2.57. The number of hydrogen-bond acceptors (Lipinski definition) is 2. The van der Waals surface area contributed by atoms with Crippen molar-refractivity contribution in [3.8, 4) is 0 Å². The summed E-state index contributed by atoms with van der Waals surface area (Å²) in [6.07, 6.45) is 0.223. The third kappa shape index (κ3) is 3.22. The quantitative estimate of drug-likeness (QED) is 0.496. The zero-order valence-electron chi connectivity index (χ0n) is 14.5. The maximum Gasteiger partial charge on any atom is 0.340 e. The van der Waals surface area contributed by atoms with Gasteiger partial charge in [-0.2, -0.15) is 17.6 Å². The predicted octanol–water partition coefficient (Wildman–Crippen LogP) is 5.99. The molecule has 2 aromatic carbocycles. The van der Waals surface area contributed by atoms with Crippen molar-refractivity contribution in [2.24, 2.45) is 0 Å². The topological polar surface area (TPSA) is 37.3 Å². The first-order chi connectivity index (χ1) is 12.7. The Bertz CT molecular complexity index is 867. The molecule has 2 aromatic rings. The van der Waals surface area contributed by atoms with Crippen LogP contribution in [0.4, 0.5) is 17.6 Å². The number of carbonyl (C=O) groups is 1. The summed E-state index contributed by atoms with van der Waals surface area (Å²) in [7, 11) is 0. The number of aliphatic carboxylic acids is 1. The molecule has 0 saturated carbocycles. The van der Waals surface area contributed by atoms with Crippen LogP contribution in [0, 0.1) is 0 Å². The second-order valence-electron chi connectivity index (χ2n) is 6.45. The molecule has 0 radical (unpaired) electrons. The molecule has 2 nitrogen and oxygen atoms in total. The van der Waals surface area contributed by atoms with Crippen molar-refractivity contribution in [2.75, 3.05) is 5.75 Å². The number of thioether (sulfide) groups is 1. The highest BCUT2D eigenvalue weighted by molar-refractivity contribution is 7.99. The normalized spacial score (nSPS) is 19.7. The number of halogens is 4. The van der Waals surface area contributed by atoms with E-state index < -0.39 is 41.3 Å². The minimum absolute atomic E-state index is 0.00650. The second kappa shape index (κ2) is 7.19. The molecule has 0 aromatic heterocycles. The molecule has 1 aliphatic carbocycles. The zero-order chi connectivity index (χ0) is 19.8. The molecule has 0 amide bonds. The molecular formula is C20H18F4O2S. The van der Waals surface area contributed by atoms with E-state index in [4.69, 9.17) is 0 Å². The van der Waals surface area contributed by atoms with Gasteiger partial charge < -0.3 is 5.11 Å². The van der Waals surface area contributed by atoms with Crippen LogP contribution in [0.5, 0.6) is 0 Å². The van der Waals surface area contributed by atoms with Crippen LogP contribution in [-0.4, -0.2) is 16.8 Å². The van der Waals surface area contributed by atoms with Crippen molar-refractivity contribution in [1.29, 1.82) is 0 Å². The maximum atomic E-state index is 15.0. The van der Waals surface area contributed by atoms with Crippen LogP contribution in [0.2, 0.25) is 0 Å². The minimum atomic E-state index is -4.45. The Morgan fingerprint density at radius 2 is 1.67 bits per heavy atom. The molecule has 0 spiro atoms. The van der Waals surface area contributed by atoms with E-state index in [9.17, 15) is 18.7 Å². The molecule has 144 valence electrons. The lowest BCUT2D eigenvalue weighted by Crippen LogP contribution is -2.35. The maximum absolute atomic E-state index is 15.0. The van der Waals surface area contributed by atoms with Gasteiger partial charge in [0.05, 0.1) is 6.42 Å². The molecule has 0 saturated heterocycles. The first-order valence-electron chi connectivity index (χ1n) is 8.54. The molecular weight excluding hydrogens is 380 g/mol. The Labute approximate surface area is 158 Å². The molecule has 1 N–H and O–H groups in total. The molecule has 0 fully saturated rings. The monoisotopic (exact) mass is 398 g/mol. The van der Waals surface area contributed by atoms with E-state index in [2.05, 4.69) is 0 Å². The zero-order valence-corrected chi connectivity index (χ0v) is 15.3. The van der Waals surface area contributed by atoms with Gasteiger partial charge in [-0.15, -0.1) is 11.8 Å². The fourth-order valence-corrected chi connectivity index (χ4v) is 4.49. The molecule has 1 atom stereocenters. The molecule has 1 aliphatic rings. The number of alkyl halides is 4. The first kappa shape index (κ1) is 19.7. The third-order valence-electron chi connectivity index (χ3n) is 4.66. The predicted molar refractivity (Wildman–Crippen MR) is 95.8 cm³/mol. The van der Waals surface area contributed by atoms with Crippen molar-refractivity contribution < 1.29 is 27.5 Å². The van der Waals surface area contributed by atoms with Crippen LogP contribution in [-0.2, 0) is 16.6 Å². The third-order valence-corrected chi connectivity index (χ3v) is 5.94. The molecule has 27 heavy (non-hydrogen) atoms. The fraction of sp³-hybridized carbons (Fsp3) is 0.350. The summed E-state index contributed by atoms with van der Waals surface area (Å²) >= 11 is 1.28. The summed E-state index contributed by atoms with van der Waals surface area (Å²) in [5.74, 6) is -10.6. The number of fused-ring (bicyclic) bond motifs is 2. The number of benzene rings is 2. The Morgan fingerprint density at radius 1 is 1.04 bits per heavy atom. The molecule has 0 aliphatic heterocycles. The summed E-state index contributed by atoms with van der Waals surface area (Å²) in [5.41, 5.74) is -1.68. The Hall–Kier alpha value is -2.02. The number of hydrogen-bond donors (Lipinski definition) is 1. The van der Waals surface area contributed by atoms with Gasteiger partial charge in [0.25, 0.3) is 0 Å². The summed E-state index contributed by atoms with van der Waals surface area (Å²) in [6, 6.07) is 8.93. The van der Waals surface area contributed by atoms with Crippen molar-refractivity contribution in [3.63, 3.8) is 0 Å². The van der Waals surface area contributed by atoms with Crippen LogP contribution < -0.4 is 0 Å². The van der Waals surface area contributed by atoms with Crippen LogP contribution in [0.1, 0.15) is 47.9 Å². The lowest BCUT2D eigenvalue weighted by atomic mass is 9.85. The van der Waals surface area contributed by atoms with E-state index in [-0.39, 0.29) is 11.1 Å². The Balaban J connectivity index is 2.37. The van der Waals surface area contributed by atoms with Crippen LogP contribution in [0.15, 0.2) is 47.4 Å². The van der Waals surface area contributed by atoms with Gasteiger partial charge in [0.1, 0.15) is 0 Å². The van der Waals surface area contributed by atoms with Gasteiger partial charge in [0, 0.05) is 21.9 Å². The van der Waals surface area contributed by atoms with Crippen molar-refractivity contribution >= 4 is 17.7 Å². The lowest BCUT2D eigenvalue weighted by molar-refractivity contribution is -0.223. The van der Waals surface area contributed by atoms with Crippen molar-refractivity contribution in [3.05, 3.63) is 64.7 Å². The molecule has 0 heterocycles. The van der Waals surface area contributed by atoms with E-state index in [1.165, 1.54) is 36.0 Å².